The molecule has 1 aromatic carbocycles. The fourth-order valence-electron chi connectivity index (χ4n) is 2.83. The monoisotopic (exact) mass is 422 g/mol. The smallest absolute Gasteiger partial charge is 0.310 e. The lowest BCUT2D eigenvalue weighted by molar-refractivity contribution is -0.147. The Morgan fingerprint density at radius 1 is 1.21 bits per heavy atom. The van der Waals surface area contributed by atoms with E-state index in [-0.39, 0.29) is 5.78 Å². The molecule has 0 radical (unpaired) electrons. The first kappa shape index (κ1) is 22.1. The summed E-state index contributed by atoms with van der Waals surface area (Å²) in [4.78, 5) is 38.4. The number of esters is 1. The highest BCUT2D eigenvalue weighted by atomic mass is 35.5. The Morgan fingerprint density at radius 2 is 1.82 bits per heavy atom. The highest BCUT2D eigenvalue weighted by molar-refractivity contribution is 7.16. The number of ketones is 1. The van der Waals surface area contributed by atoms with E-state index in [9.17, 15) is 14.4 Å². The van der Waals surface area contributed by atoms with Crippen LogP contribution < -0.4 is 11.1 Å². The lowest BCUT2D eigenvalue weighted by Gasteiger charge is -2.19. The number of benzene rings is 1. The molecule has 0 aliphatic heterocycles. The number of rotatable bonds is 7. The van der Waals surface area contributed by atoms with Crippen molar-refractivity contribution in [1.29, 1.82) is 0 Å². The fraction of sp³-hybridized carbons (Fsp3) is 0.350. The molecule has 0 saturated heterocycles. The third kappa shape index (κ3) is 4.60. The first-order chi connectivity index (χ1) is 13.2. The molecule has 0 spiro atoms. The minimum atomic E-state index is -1.08. The molecular weight excluding hydrogens is 400 g/mol. The number of carbonyl (C=O) groups excluding carboxylic acids is 3. The van der Waals surface area contributed by atoms with Gasteiger partial charge in [-0.1, -0.05) is 18.5 Å². The van der Waals surface area contributed by atoms with E-state index < -0.39 is 23.8 Å². The maximum Gasteiger partial charge on any atom is 0.310 e. The number of hydrogen-bond donors (Lipinski definition) is 2. The molecule has 2 atom stereocenters. The van der Waals surface area contributed by atoms with Crippen LogP contribution >= 0.6 is 22.9 Å². The molecule has 8 heteroatoms. The standard InChI is InChI=1S/C20H23ClN2O4S/c1-5-14(20(26)27-4)16(22)18(25)23-19-15(10(2)11(3)28-19)17(24)12-6-8-13(21)9-7-12/h6-9,14,16H,5,22H2,1-4H3,(H,23,25)/t14-,16+/m1/s1. The summed E-state index contributed by atoms with van der Waals surface area (Å²) in [5.74, 6) is -2.06. The third-order valence-electron chi connectivity index (χ3n) is 4.64. The number of carbonyl (C=O) groups is 3. The quantitative estimate of drug-likeness (QED) is 0.523. The highest BCUT2D eigenvalue weighted by Crippen LogP contribution is 2.34. The van der Waals surface area contributed by atoms with Gasteiger partial charge in [-0.2, -0.15) is 0 Å². The van der Waals surface area contributed by atoms with Crippen molar-refractivity contribution < 1.29 is 19.1 Å². The number of halogens is 1. The molecule has 1 aromatic heterocycles. The number of thiophene rings is 1. The van der Waals surface area contributed by atoms with Crippen molar-refractivity contribution in [2.45, 2.75) is 33.2 Å². The average Bonchev–Trinajstić information content (AvgIpc) is 2.95. The van der Waals surface area contributed by atoms with Crippen LogP contribution in [0.1, 0.15) is 39.7 Å². The number of aryl methyl sites for hydroxylation is 1. The lowest BCUT2D eigenvalue weighted by atomic mass is 9.96. The van der Waals surface area contributed by atoms with Crippen LogP contribution in [0.5, 0.6) is 0 Å². The van der Waals surface area contributed by atoms with Crippen LogP contribution in [-0.4, -0.2) is 30.8 Å². The van der Waals surface area contributed by atoms with Crippen LogP contribution in [0.2, 0.25) is 5.02 Å². The van der Waals surface area contributed by atoms with Crippen molar-refractivity contribution in [3.05, 3.63) is 50.9 Å². The zero-order valence-electron chi connectivity index (χ0n) is 16.2. The molecule has 0 unspecified atom stereocenters. The Bertz CT molecular complexity index is 892. The molecule has 150 valence electrons. The van der Waals surface area contributed by atoms with Gasteiger partial charge in [0.15, 0.2) is 5.78 Å². The number of anilines is 1. The first-order valence-corrected chi connectivity index (χ1v) is 9.95. The Morgan fingerprint density at radius 3 is 2.36 bits per heavy atom. The van der Waals surface area contributed by atoms with Crippen LogP contribution in [0.4, 0.5) is 5.00 Å². The average molecular weight is 423 g/mol. The molecule has 0 aliphatic carbocycles. The first-order valence-electron chi connectivity index (χ1n) is 8.75. The topological polar surface area (TPSA) is 98.5 Å². The molecule has 6 nitrogen and oxygen atoms in total. The van der Waals surface area contributed by atoms with E-state index in [1.165, 1.54) is 18.4 Å². The van der Waals surface area contributed by atoms with Gasteiger partial charge in [-0.25, -0.2) is 0 Å². The number of amides is 1. The summed E-state index contributed by atoms with van der Waals surface area (Å²) in [6.45, 7) is 5.45. The van der Waals surface area contributed by atoms with E-state index in [1.807, 2.05) is 13.8 Å². The van der Waals surface area contributed by atoms with E-state index in [2.05, 4.69) is 5.32 Å². The molecule has 0 fully saturated rings. The SMILES string of the molecule is CC[C@@H](C(=O)OC)[C@H](N)C(=O)Nc1sc(C)c(C)c1C(=O)c1ccc(Cl)cc1. The van der Waals surface area contributed by atoms with Crippen LogP contribution in [-0.2, 0) is 14.3 Å². The molecule has 2 rings (SSSR count). The maximum atomic E-state index is 13.0. The lowest BCUT2D eigenvalue weighted by Crippen LogP contribution is -2.45. The van der Waals surface area contributed by atoms with Crippen LogP contribution in [0.25, 0.3) is 0 Å². The molecule has 2 aromatic rings. The largest absolute Gasteiger partial charge is 0.469 e. The molecule has 1 amide bonds. The molecular formula is C20H23ClN2O4S. The number of methoxy groups -OCH3 is 1. The number of nitrogens with two attached hydrogens (primary N) is 1. The van der Waals surface area contributed by atoms with Crippen molar-refractivity contribution in [3.8, 4) is 0 Å². The summed E-state index contributed by atoms with van der Waals surface area (Å²) in [5.41, 5.74) is 7.65. The summed E-state index contributed by atoms with van der Waals surface area (Å²) in [6.07, 6.45) is 0.361. The van der Waals surface area contributed by atoms with Gasteiger partial charge in [-0.15, -0.1) is 11.3 Å². The van der Waals surface area contributed by atoms with Crippen molar-refractivity contribution >= 4 is 45.6 Å². The Hall–Kier alpha value is -2.22. The molecule has 28 heavy (non-hydrogen) atoms. The van der Waals surface area contributed by atoms with Gasteiger partial charge in [-0.3, -0.25) is 14.4 Å². The van der Waals surface area contributed by atoms with Gasteiger partial charge in [-0.05, 0) is 50.1 Å². The van der Waals surface area contributed by atoms with E-state index in [1.54, 1.807) is 31.2 Å². The number of nitrogens with one attached hydrogen (secondary N) is 1. The second kappa shape index (κ2) is 9.32. The van der Waals surface area contributed by atoms with E-state index in [0.717, 1.165) is 10.4 Å². The van der Waals surface area contributed by atoms with Crippen molar-refractivity contribution in [2.24, 2.45) is 11.7 Å². The summed E-state index contributed by atoms with van der Waals surface area (Å²) in [7, 11) is 1.25. The van der Waals surface area contributed by atoms with Gasteiger partial charge >= 0.3 is 5.97 Å². The summed E-state index contributed by atoms with van der Waals surface area (Å²) in [6, 6.07) is 5.47. The molecule has 3 N–H and O–H groups in total. The highest BCUT2D eigenvalue weighted by Gasteiger charge is 2.31. The number of ether oxygens (including phenoxy) is 1. The number of hydrogen-bond acceptors (Lipinski definition) is 6. The predicted molar refractivity (Wildman–Crippen MR) is 111 cm³/mol. The predicted octanol–water partition coefficient (Wildman–Crippen LogP) is 3.71. The van der Waals surface area contributed by atoms with Gasteiger partial charge in [0.05, 0.1) is 24.6 Å². The molecule has 1 heterocycles. The second-order valence-electron chi connectivity index (χ2n) is 6.38. The van der Waals surface area contributed by atoms with Crippen molar-refractivity contribution in [3.63, 3.8) is 0 Å². The molecule has 0 bridgehead atoms. The van der Waals surface area contributed by atoms with E-state index >= 15 is 0 Å². The second-order valence-corrected chi connectivity index (χ2v) is 8.04. The molecule has 0 saturated carbocycles. The van der Waals surface area contributed by atoms with Gasteiger partial charge in [0.25, 0.3) is 0 Å². The van der Waals surface area contributed by atoms with Crippen molar-refractivity contribution in [2.75, 3.05) is 12.4 Å². The summed E-state index contributed by atoms with van der Waals surface area (Å²) < 4.78 is 4.72. The summed E-state index contributed by atoms with van der Waals surface area (Å²) >= 11 is 7.19. The third-order valence-corrected chi connectivity index (χ3v) is 6.01. The van der Waals surface area contributed by atoms with Gasteiger partial charge in [0, 0.05) is 15.5 Å². The summed E-state index contributed by atoms with van der Waals surface area (Å²) in [5, 5.41) is 3.67. The maximum absolute atomic E-state index is 13.0. The Balaban J connectivity index is 2.33. The Labute approximate surface area is 173 Å². The zero-order chi connectivity index (χ0) is 21.0. The van der Waals surface area contributed by atoms with Gasteiger partial charge in [0.1, 0.15) is 5.00 Å². The minimum Gasteiger partial charge on any atom is -0.469 e. The van der Waals surface area contributed by atoms with E-state index in [0.29, 0.717) is 27.6 Å². The van der Waals surface area contributed by atoms with Crippen molar-refractivity contribution in [1.82, 2.24) is 0 Å². The van der Waals surface area contributed by atoms with Gasteiger partial charge < -0.3 is 15.8 Å². The van der Waals surface area contributed by atoms with Crippen LogP contribution in [0.15, 0.2) is 24.3 Å². The van der Waals surface area contributed by atoms with Crippen LogP contribution in [0.3, 0.4) is 0 Å². The minimum absolute atomic E-state index is 0.220. The molecule has 0 aliphatic rings. The fourth-order valence-corrected chi connectivity index (χ4v) is 4.02. The van der Waals surface area contributed by atoms with Crippen LogP contribution in [0, 0.1) is 19.8 Å². The Kier molecular flexibility index (Phi) is 7.35. The van der Waals surface area contributed by atoms with E-state index in [4.69, 9.17) is 22.1 Å². The normalized spacial score (nSPS) is 12.9. The van der Waals surface area contributed by atoms with Gasteiger partial charge in [0.2, 0.25) is 5.91 Å². The zero-order valence-corrected chi connectivity index (χ0v) is 17.7.